The van der Waals surface area contributed by atoms with Gasteiger partial charge in [0.2, 0.25) is 0 Å². The second-order valence-corrected chi connectivity index (χ2v) is 9.06. The topological polar surface area (TPSA) is 105 Å². The zero-order valence-corrected chi connectivity index (χ0v) is 20.6. The summed E-state index contributed by atoms with van der Waals surface area (Å²) in [5, 5.41) is 13.6. The first-order valence-corrected chi connectivity index (χ1v) is 12.1. The minimum absolute atomic E-state index is 0.201. The fraction of sp³-hybridized carbons (Fsp3) is 0.154. The van der Waals surface area contributed by atoms with Gasteiger partial charge in [-0.3, -0.25) is 14.3 Å². The highest BCUT2D eigenvalue weighted by molar-refractivity contribution is 9.10. The summed E-state index contributed by atoms with van der Waals surface area (Å²) in [6, 6.07) is 15.6. The number of halogens is 1. The minimum atomic E-state index is -0.216. The second kappa shape index (κ2) is 9.71. The van der Waals surface area contributed by atoms with Gasteiger partial charge in [-0.05, 0) is 47.9 Å². The maximum Gasteiger partial charge on any atom is 0.256 e. The van der Waals surface area contributed by atoms with Gasteiger partial charge in [-0.25, -0.2) is 0 Å². The number of nitrogens with one attached hydrogen (secondary N) is 3. The zero-order chi connectivity index (χ0) is 24.4. The Morgan fingerprint density at radius 2 is 2.06 bits per heavy atom. The molecule has 0 saturated heterocycles. The first-order chi connectivity index (χ1) is 17.0. The second-order valence-electron chi connectivity index (χ2n) is 8.15. The molecule has 9 heteroatoms. The molecule has 1 aliphatic rings. The monoisotopic (exact) mass is 530 g/mol. The van der Waals surface area contributed by atoms with Crippen LogP contribution in [0.25, 0.3) is 22.8 Å². The Hall–Kier alpha value is -3.98. The minimum Gasteiger partial charge on any atom is -0.358 e. The Bertz CT molecular complexity index is 1440. The maximum atomic E-state index is 13.0. The van der Waals surface area contributed by atoms with Crippen molar-refractivity contribution in [3.8, 4) is 11.1 Å². The quantitative estimate of drug-likeness (QED) is 0.305. The number of carbonyl (C=O) groups excluding carboxylic acids is 2. The molecule has 0 unspecified atom stereocenters. The summed E-state index contributed by atoms with van der Waals surface area (Å²) < 4.78 is 2.61. The van der Waals surface area contributed by atoms with Crippen LogP contribution < -0.4 is 10.6 Å². The van der Waals surface area contributed by atoms with Crippen LogP contribution in [0.5, 0.6) is 0 Å². The highest BCUT2D eigenvalue weighted by atomic mass is 79.9. The molecule has 35 heavy (non-hydrogen) atoms. The van der Waals surface area contributed by atoms with E-state index in [9.17, 15) is 9.59 Å². The molecule has 2 aromatic carbocycles. The van der Waals surface area contributed by atoms with Gasteiger partial charge in [-0.1, -0.05) is 52.3 Å². The number of rotatable bonds is 7. The third-order valence-corrected chi connectivity index (χ3v) is 6.37. The number of H-pyrrole nitrogens is 1. The maximum absolute atomic E-state index is 13.0. The predicted octanol–water partition coefficient (Wildman–Crippen LogP) is 4.52. The Morgan fingerprint density at radius 3 is 2.83 bits per heavy atom. The first kappa shape index (κ1) is 22.8. The van der Waals surface area contributed by atoms with Crippen molar-refractivity contribution in [2.75, 3.05) is 11.9 Å². The van der Waals surface area contributed by atoms with Crippen LogP contribution in [-0.2, 0) is 17.8 Å². The number of carbonyl (C=O) groups is 2. The Morgan fingerprint density at radius 1 is 1.20 bits per heavy atom. The largest absolute Gasteiger partial charge is 0.358 e. The number of hydrogen-bond donors (Lipinski definition) is 3. The molecule has 5 rings (SSSR count). The van der Waals surface area contributed by atoms with E-state index in [0.717, 1.165) is 39.0 Å². The van der Waals surface area contributed by atoms with Gasteiger partial charge in [0, 0.05) is 34.2 Å². The number of benzene rings is 2. The Balaban J connectivity index is 1.50. The fourth-order valence-corrected chi connectivity index (χ4v) is 4.58. The van der Waals surface area contributed by atoms with Gasteiger partial charge >= 0.3 is 0 Å². The molecule has 4 aromatic rings. The summed E-state index contributed by atoms with van der Waals surface area (Å²) in [4.78, 5) is 29.4. The van der Waals surface area contributed by atoms with Crippen molar-refractivity contribution in [3.63, 3.8) is 0 Å². The highest BCUT2D eigenvalue weighted by Gasteiger charge is 2.28. The van der Waals surface area contributed by atoms with Crippen LogP contribution in [0.2, 0.25) is 0 Å². The third kappa shape index (κ3) is 4.67. The van der Waals surface area contributed by atoms with Crippen molar-refractivity contribution in [2.24, 2.45) is 0 Å². The molecular weight excluding hydrogens is 508 g/mol. The van der Waals surface area contributed by atoms with Gasteiger partial charge in [-0.15, -0.1) is 5.10 Å². The first-order valence-electron chi connectivity index (χ1n) is 11.3. The number of aryl methyl sites for hydroxylation is 1. The number of nitrogens with zero attached hydrogens (tertiary/aromatic N) is 3. The van der Waals surface area contributed by atoms with Crippen molar-refractivity contribution in [2.45, 2.75) is 19.9 Å². The summed E-state index contributed by atoms with van der Waals surface area (Å²) in [7, 11) is 0. The van der Waals surface area contributed by atoms with Crippen molar-refractivity contribution >= 4 is 45.1 Å². The number of amides is 2. The van der Waals surface area contributed by atoms with Crippen LogP contribution in [-0.4, -0.2) is 38.3 Å². The van der Waals surface area contributed by atoms with Gasteiger partial charge in [0.25, 0.3) is 11.8 Å². The normalized spacial score (nSPS) is 13.7. The molecule has 3 heterocycles. The van der Waals surface area contributed by atoms with Crippen molar-refractivity contribution in [1.29, 1.82) is 0 Å². The zero-order valence-electron chi connectivity index (χ0n) is 19.0. The lowest BCUT2D eigenvalue weighted by Crippen LogP contribution is -2.27. The van der Waals surface area contributed by atoms with Gasteiger partial charge < -0.3 is 15.6 Å². The van der Waals surface area contributed by atoms with E-state index in [2.05, 4.69) is 41.9 Å². The van der Waals surface area contributed by atoms with Gasteiger partial charge in [0.1, 0.15) is 0 Å². The van der Waals surface area contributed by atoms with Crippen LogP contribution in [0, 0.1) is 0 Å². The summed E-state index contributed by atoms with van der Waals surface area (Å²) in [5.74, 6) is -0.417. The molecule has 2 amide bonds. The summed E-state index contributed by atoms with van der Waals surface area (Å²) >= 11 is 3.53. The van der Waals surface area contributed by atoms with Crippen molar-refractivity contribution < 1.29 is 9.59 Å². The van der Waals surface area contributed by atoms with E-state index in [1.54, 1.807) is 23.2 Å². The van der Waals surface area contributed by atoms with Gasteiger partial charge in [0.15, 0.2) is 0 Å². The lowest BCUT2D eigenvalue weighted by Gasteiger charge is -2.09. The predicted molar refractivity (Wildman–Crippen MR) is 139 cm³/mol. The van der Waals surface area contributed by atoms with E-state index in [1.807, 2.05) is 55.5 Å². The SMILES string of the molecule is CCc1cc(C(=O)NCCn2ccnn2)c(/C=C2\C(=O)Nc3cccc(-c4cccc(Br)c4)c32)[nH]1. The molecule has 0 radical (unpaired) electrons. The van der Waals surface area contributed by atoms with E-state index < -0.39 is 0 Å². The van der Waals surface area contributed by atoms with Crippen LogP contribution in [0.1, 0.15) is 34.2 Å². The summed E-state index contributed by atoms with van der Waals surface area (Å²) in [6.45, 7) is 2.93. The highest BCUT2D eigenvalue weighted by Crippen LogP contribution is 2.41. The smallest absolute Gasteiger partial charge is 0.256 e. The molecule has 0 aliphatic carbocycles. The Kier molecular flexibility index (Phi) is 6.33. The lowest BCUT2D eigenvalue weighted by molar-refractivity contribution is -0.110. The van der Waals surface area contributed by atoms with E-state index >= 15 is 0 Å². The Labute approximate surface area is 210 Å². The average Bonchev–Trinajstić information content (AvgIpc) is 3.58. The third-order valence-electron chi connectivity index (χ3n) is 5.88. The summed E-state index contributed by atoms with van der Waals surface area (Å²) in [5.41, 5.74) is 6.02. The molecule has 176 valence electrons. The van der Waals surface area contributed by atoms with Crippen LogP contribution >= 0.6 is 15.9 Å². The van der Waals surface area contributed by atoms with Gasteiger partial charge in [-0.2, -0.15) is 0 Å². The fourth-order valence-electron chi connectivity index (χ4n) is 4.18. The molecule has 0 fully saturated rings. The molecule has 8 nitrogen and oxygen atoms in total. The van der Waals surface area contributed by atoms with Crippen molar-refractivity contribution in [1.82, 2.24) is 25.3 Å². The van der Waals surface area contributed by atoms with E-state index in [0.29, 0.717) is 29.9 Å². The lowest BCUT2D eigenvalue weighted by atomic mass is 9.94. The number of fused-ring (bicyclic) bond motifs is 1. The van der Waals surface area contributed by atoms with E-state index in [1.165, 1.54) is 0 Å². The number of hydrogen-bond acceptors (Lipinski definition) is 4. The number of aromatic nitrogens is 4. The molecule has 1 aliphatic heterocycles. The molecule has 3 N–H and O–H groups in total. The van der Waals surface area contributed by atoms with Crippen LogP contribution in [0.3, 0.4) is 0 Å². The van der Waals surface area contributed by atoms with Crippen molar-refractivity contribution in [3.05, 3.63) is 87.9 Å². The molecule has 0 atom stereocenters. The number of anilines is 1. The average molecular weight is 531 g/mol. The molecular formula is C26H23BrN6O2. The molecule has 2 aromatic heterocycles. The number of aromatic amines is 1. The van der Waals surface area contributed by atoms with Crippen LogP contribution in [0.15, 0.2) is 65.4 Å². The molecule has 0 bridgehead atoms. The summed E-state index contributed by atoms with van der Waals surface area (Å²) in [6.07, 6.45) is 5.84. The molecule has 0 spiro atoms. The van der Waals surface area contributed by atoms with E-state index in [4.69, 9.17) is 0 Å². The van der Waals surface area contributed by atoms with Crippen LogP contribution in [0.4, 0.5) is 5.69 Å². The molecule has 0 saturated carbocycles. The van der Waals surface area contributed by atoms with Gasteiger partial charge in [0.05, 0.1) is 29.6 Å². The van der Waals surface area contributed by atoms with E-state index in [-0.39, 0.29) is 11.8 Å². The standard InChI is InChI=1S/C26H23BrN6O2/c1-2-18-14-20(25(34)28-9-11-33-12-10-29-32-33)23(30-18)15-21-24-19(16-5-3-6-17(27)13-16)7-4-8-22(24)31-26(21)35/h3-8,10,12-15,30H,2,9,11H2,1H3,(H,28,34)(H,31,35)/b21-15-.